The number of rotatable bonds is 3. The van der Waals surface area contributed by atoms with Crippen LogP contribution < -0.4 is 5.32 Å². The Kier molecular flexibility index (Phi) is 3.41. The predicted octanol–water partition coefficient (Wildman–Crippen LogP) is 1.67. The molecule has 1 aliphatic carbocycles. The smallest absolute Gasteiger partial charge is 0.277 e. The van der Waals surface area contributed by atoms with Gasteiger partial charge in [-0.2, -0.15) is 0 Å². The molecule has 2 aliphatic rings. The molecule has 0 atom stereocenters. The average Bonchev–Trinajstić information content (AvgIpc) is 2.76. The number of hydrogen-bond donors (Lipinski definition) is 1. The summed E-state index contributed by atoms with van der Waals surface area (Å²) in [6.45, 7) is 4.49. The van der Waals surface area contributed by atoms with Crippen molar-refractivity contribution in [1.29, 1.82) is 0 Å². The lowest BCUT2D eigenvalue weighted by molar-refractivity contribution is -0.151. The normalized spacial score (nSPS) is 23.1. The molecule has 5 heteroatoms. The molecule has 1 heterocycles. The molecule has 2 rings (SSSR count). The lowest BCUT2D eigenvalue weighted by atomic mass is 9.82. The van der Waals surface area contributed by atoms with Crippen LogP contribution in [0, 0.1) is 11.3 Å². The van der Waals surface area contributed by atoms with Crippen LogP contribution in [0.4, 0.5) is 4.79 Å². The Balaban J connectivity index is 2.17. The van der Waals surface area contributed by atoms with Gasteiger partial charge in [0.1, 0.15) is 5.41 Å². The number of nitrogens with one attached hydrogen (secondary N) is 1. The fraction of sp³-hybridized carbons (Fsp3) is 0.769. The highest BCUT2D eigenvalue weighted by Gasteiger charge is 2.54. The Morgan fingerprint density at radius 1 is 1.22 bits per heavy atom. The first-order valence-corrected chi connectivity index (χ1v) is 6.65. The van der Waals surface area contributed by atoms with Gasteiger partial charge in [-0.25, -0.2) is 4.79 Å². The van der Waals surface area contributed by atoms with Gasteiger partial charge in [0.2, 0.25) is 11.8 Å². The van der Waals surface area contributed by atoms with Gasteiger partial charge in [-0.1, -0.05) is 26.7 Å². The third-order valence-electron chi connectivity index (χ3n) is 3.94. The van der Waals surface area contributed by atoms with Crippen LogP contribution in [0.1, 0.15) is 46.0 Å². The Morgan fingerprint density at radius 3 is 2.39 bits per heavy atom. The van der Waals surface area contributed by atoms with E-state index in [0.717, 1.165) is 19.3 Å². The number of imide groups is 2. The molecule has 4 amide bonds. The first-order chi connectivity index (χ1) is 8.47. The van der Waals surface area contributed by atoms with Gasteiger partial charge >= 0.3 is 6.03 Å². The van der Waals surface area contributed by atoms with Crippen molar-refractivity contribution in [3.63, 3.8) is 0 Å². The van der Waals surface area contributed by atoms with Crippen molar-refractivity contribution in [3.8, 4) is 0 Å². The molecule has 2 fully saturated rings. The lowest BCUT2D eigenvalue weighted by Crippen LogP contribution is -2.63. The highest BCUT2D eigenvalue weighted by molar-refractivity contribution is 6.19. The molecular formula is C13H20N2O3. The maximum absolute atomic E-state index is 12.4. The summed E-state index contributed by atoms with van der Waals surface area (Å²) in [5.74, 6) is -0.257. The van der Waals surface area contributed by atoms with Crippen molar-refractivity contribution in [1.82, 2.24) is 10.2 Å². The molecular weight excluding hydrogens is 232 g/mol. The fourth-order valence-corrected chi connectivity index (χ4v) is 2.74. The van der Waals surface area contributed by atoms with E-state index in [-0.39, 0.29) is 5.91 Å². The zero-order valence-corrected chi connectivity index (χ0v) is 11.0. The second-order valence-electron chi connectivity index (χ2n) is 5.69. The van der Waals surface area contributed by atoms with Crippen molar-refractivity contribution in [2.75, 3.05) is 6.54 Å². The topological polar surface area (TPSA) is 66.5 Å². The summed E-state index contributed by atoms with van der Waals surface area (Å²) in [6, 6.07) is -0.553. The van der Waals surface area contributed by atoms with E-state index in [1.165, 1.54) is 4.90 Å². The Hall–Kier alpha value is -1.39. The molecule has 0 aromatic heterocycles. The van der Waals surface area contributed by atoms with Crippen LogP contribution in [0.2, 0.25) is 0 Å². The van der Waals surface area contributed by atoms with Crippen molar-refractivity contribution in [3.05, 3.63) is 0 Å². The number of carbonyl (C=O) groups is 3. The summed E-state index contributed by atoms with van der Waals surface area (Å²) in [7, 11) is 0. The van der Waals surface area contributed by atoms with Crippen LogP contribution >= 0.6 is 0 Å². The van der Waals surface area contributed by atoms with E-state index in [0.29, 0.717) is 25.3 Å². The van der Waals surface area contributed by atoms with Crippen molar-refractivity contribution < 1.29 is 14.4 Å². The zero-order chi connectivity index (χ0) is 13.3. The number of barbiturate groups is 1. The molecule has 0 bridgehead atoms. The number of hydrogen-bond acceptors (Lipinski definition) is 3. The van der Waals surface area contributed by atoms with Crippen LogP contribution in [0.3, 0.4) is 0 Å². The summed E-state index contributed by atoms with van der Waals surface area (Å²) >= 11 is 0. The quantitative estimate of drug-likeness (QED) is 0.777. The zero-order valence-electron chi connectivity index (χ0n) is 11.0. The minimum Gasteiger partial charge on any atom is -0.277 e. The van der Waals surface area contributed by atoms with Gasteiger partial charge in [-0.3, -0.25) is 19.8 Å². The molecule has 0 radical (unpaired) electrons. The van der Waals surface area contributed by atoms with Gasteiger partial charge in [-0.15, -0.1) is 0 Å². The minimum absolute atomic E-state index is 0.283. The SMILES string of the molecule is CC(C)CCN1C(=O)NC(=O)C2(CCCC2)C1=O. The highest BCUT2D eigenvalue weighted by Crippen LogP contribution is 2.41. The van der Waals surface area contributed by atoms with Crippen LogP contribution in [0.5, 0.6) is 0 Å². The lowest BCUT2D eigenvalue weighted by Gasteiger charge is -2.37. The molecule has 18 heavy (non-hydrogen) atoms. The van der Waals surface area contributed by atoms with E-state index >= 15 is 0 Å². The second-order valence-corrected chi connectivity index (χ2v) is 5.69. The molecule has 5 nitrogen and oxygen atoms in total. The first-order valence-electron chi connectivity index (χ1n) is 6.65. The monoisotopic (exact) mass is 252 g/mol. The summed E-state index contributed by atoms with van der Waals surface area (Å²) in [6.07, 6.45) is 3.67. The van der Waals surface area contributed by atoms with Gasteiger partial charge in [0.25, 0.3) is 0 Å². The molecule has 1 saturated heterocycles. The summed E-state index contributed by atoms with van der Waals surface area (Å²) in [5.41, 5.74) is -0.953. The highest BCUT2D eigenvalue weighted by atomic mass is 16.2. The van der Waals surface area contributed by atoms with E-state index in [4.69, 9.17) is 0 Å². The number of urea groups is 1. The Morgan fingerprint density at radius 2 is 1.83 bits per heavy atom. The number of carbonyl (C=O) groups excluding carboxylic acids is 3. The van der Waals surface area contributed by atoms with E-state index in [1.54, 1.807) is 0 Å². The third kappa shape index (κ3) is 2.02. The fourth-order valence-electron chi connectivity index (χ4n) is 2.74. The van der Waals surface area contributed by atoms with Gasteiger partial charge in [0.15, 0.2) is 0 Å². The van der Waals surface area contributed by atoms with Crippen molar-refractivity contribution in [2.45, 2.75) is 46.0 Å². The molecule has 0 unspecified atom stereocenters. The van der Waals surface area contributed by atoms with Gasteiger partial charge in [0, 0.05) is 6.54 Å². The van der Waals surface area contributed by atoms with E-state index in [1.807, 2.05) is 13.8 Å². The van der Waals surface area contributed by atoms with Crippen LogP contribution in [0.15, 0.2) is 0 Å². The Labute approximate surface area is 107 Å². The average molecular weight is 252 g/mol. The molecule has 0 aromatic carbocycles. The maximum Gasteiger partial charge on any atom is 0.330 e. The number of amides is 4. The molecule has 1 spiro atoms. The molecule has 1 saturated carbocycles. The summed E-state index contributed by atoms with van der Waals surface area (Å²) < 4.78 is 0. The van der Waals surface area contributed by atoms with Crippen LogP contribution in [0.25, 0.3) is 0 Å². The summed E-state index contributed by atoms with van der Waals surface area (Å²) in [5, 5.41) is 2.34. The van der Waals surface area contributed by atoms with E-state index in [2.05, 4.69) is 5.32 Å². The van der Waals surface area contributed by atoms with Crippen molar-refractivity contribution >= 4 is 17.8 Å². The molecule has 1 N–H and O–H groups in total. The summed E-state index contributed by atoms with van der Waals surface area (Å²) in [4.78, 5) is 37.3. The van der Waals surface area contributed by atoms with Crippen LogP contribution in [-0.2, 0) is 9.59 Å². The van der Waals surface area contributed by atoms with Gasteiger partial charge in [0.05, 0.1) is 0 Å². The third-order valence-corrected chi connectivity index (χ3v) is 3.94. The molecule has 100 valence electrons. The predicted molar refractivity (Wildman–Crippen MR) is 65.6 cm³/mol. The number of nitrogens with zero attached hydrogens (tertiary/aromatic N) is 1. The van der Waals surface area contributed by atoms with Gasteiger partial charge in [-0.05, 0) is 25.2 Å². The first kappa shape index (κ1) is 13.1. The standard InChI is InChI=1S/C13H20N2O3/c1-9(2)5-8-15-11(17)13(6-3-4-7-13)10(16)14-12(15)18/h9H,3-8H2,1-2H3,(H,14,16,18). The minimum atomic E-state index is -0.953. The Bertz CT molecular complexity index is 384. The second kappa shape index (κ2) is 4.71. The van der Waals surface area contributed by atoms with Crippen molar-refractivity contribution in [2.24, 2.45) is 11.3 Å². The molecule has 1 aliphatic heterocycles. The van der Waals surface area contributed by atoms with Crippen LogP contribution in [-0.4, -0.2) is 29.3 Å². The molecule has 0 aromatic rings. The van der Waals surface area contributed by atoms with E-state index in [9.17, 15) is 14.4 Å². The van der Waals surface area contributed by atoms with Gasteiger partial charge < -0.3 is 0 Å². The van der Waals surface area contributed by atoms with E-state index < -0.39 is 17.4 Å². The maximum atomic E-state index is 12.4. The largest absolute Gasteiger partial charge is 0.330 e.